The monoisotopic (exact) mass is 543 g/mol. The SMILES string of the molecule is Cc1cc(OCC2(C)COC2)cc(C)c1-c1cccc(COc2ccc(B3OC(=O)CN(C)CC(=O)O3)cc2)c1. The molecule has 0 aliphatic carbocycles. The maximum Gasteiger partial charge on any atom is 0.636 e. The summed E-state index contributed by atoms with van der Waals surface area (Å²) in [5.41, 5.74) is 6.31. The topological polar surface area (TPSA) is 83.5 Å². The van der Waals surface area contributed by atoms with Gasteiger partial charge in [0.2, 0.25) is 0 Å². The first kappa shape index (κ1) is 27.7. The molecule has 0 radical (unpaired) electrons. The number of nitrogens with zero attached hydrogens (tertiary/aromatic N) is 1. The molecule has 0 bridgehead atoms. The number of carbonyl (C=O) groups is 2. The van der Waals surface area contributed by atoms with Gasteiger partial charge >= 0.3 is 19.1 Å². The van der Waals surface area contributed by atoms with Crippen LogP contribution in [0.1, 0.15) is 23.6 Å². The van der Waals surface area contributed by atoms with Gasteiger partial charge in [0.15, 0.2) is 0 Å². The van der Waals surface area contributed by atoms with Gasteiger partial charge in [-0.3, -0.25) is 14.5 Å². The summed E-state index contributed by atoms with van der Waals surface area (Å²) >= 11 is 0. The first-order valence-electron chi connectivity index (χ1n) is 13.4. The molecule has 208 valence electrons. The molecule has 2 saturated heterocycles. The number of hydrogen-bond donors (Lipinski definition) is 0. The molecular formula is C31H34BNO7. The molecule has 2 aliphatic heterocycles. The minimum atomic E-state index is -1.07. The van der Waals surface area contributed by atoms with Crippen molar-refractivity contribution in [1.29, 1.82) is 0 Å². The van der Waals surface area contributed by atoms with Crippen LogP contribution in [0.5, 0.6) is 11.5 Å². The van der Waals surface area contributed by atoms with Gasteiger partial charge in [-0.1, -0.05) is 37.3 Å². The molecular weight excluding hydrogens is 509 g/mol. The van der Waals surface area contributed by atoms with Crippen molar-refractivity contribution in [2.45, 2.75) is 27.4 Å². The molecule has 3 aromatic carbocycles. The second-order valence-electron chi connectivity index (χ2n) is 11.1. The van der Waals surface area contributed by atoms with Gasteiger partial charge in [-0.05, 0) is 79.0 Å². The number of likely N-dealkylation sites (N-methyl/N-ethyl adjacent to an activating group) is 1. The number of rotatable bonds is 8. The minimum absolute atomic E-state index is 0.0259. The molecule has 40 heavy (non-hydrogen) atoms. The maximum atomic E-state index is 12.0. The molecule has 0 saturated carbocycles. The molecule has 2 fully saturated rings. The summed E-state index contributed by atoms with van der Waals surface area (Å²) in [6.45, 7) is 8.96. The van der Waals surface area contributed by atoms with Gasteiger partial charge in [0.1, 0.15) is 18.1 Å². The molecule has 3 aromatic rings. The number of ether oxygens (including phenoxy) is 3. The van der Waals surface area contributed by atoms with Crippen molar-refractivity contribution >= 4 is 24.5 Å². The van der Waals surface area contributed by atoms with E-state index in [9.17, 15) is 9.59 Å². The average Bonchev–Trinajstić information content (AvgIpc) is 2.88. The smallest absolute Gasteiger partial charge is 0.494 e. The van der Waals surface area contributed by atoms with E-state index < -0.39 is 19.1 Å². The third-order valence-corrected chi connectivity index (χ3v) is 7.04. The molecule has 0 N–H and O–H groups in total. The van der Waals surface area contributed by atoms with Crippen molar-refractivity contribution in [2.75, 3.05) is 40.0 Å². The Balaban J connectivity index is 1.22. The van der Waals surface area contributed by atoms with Crippen molar-refractivity contribution in [3.05, 3.63) is 77.4 Å². The normalized spacial score (nSPS) is 17.2. The van der Waals surface area contributed by atoms with Crippen LogP contribution in [0.15, 0.2) is 60.7 Å². The summed E-state index contributed by atoms with van der Waals surface area (Å²) < 4.78 is 28.1. The Morgan fingerprint density at radius 1 is 0.875 bits per heavy atom. The summed E-state index contributed by atoms with van der Waals surface area (Å²) in [6, 6.07) is 19.5. The van der Waals surface area contributed by atoms with Gasteiger partial charge in [-0.2, -0.15) is 0 Å². The van der Waals surface area contributed by atoms with Crippen molar-refractivity contribution in [2.24, 2.45) is 5.41 Å². The predicted molar refractivity (Wildman–Crippen MR) is 152 cm³/mol. The Morgan fingerprint density at radius 2 is 1.52 bits per heavy atom. The standard InChI is InChI=1S/C31H34BNO7/c1-21-12-27(38-20-31(3)18-36-19-31)13-22(2)30(21)24-7-5-6-23(14-24)17-37-26-10-8-25(9-11-26)32-39-28(34)15-33(4)16-29(35)40-32/h5-14H,15-20H2,1-4H3. The zero-order chi connectivity index (χ0) is 28.3. The molecule has 8 nitrogen and oxygen atoms in total. The predicted octanol–water partition coefficient (Wildman–Crippen LogP) is 3.69. The third-order valence-electron chi connectivity index (χ3n) is 7.04. The first-order valence-corrected chi connectivity index (χ1v) is 13.4. The van der Waals surface area contributed by atoms with E-state index in [2.05, 4.69) is 45.0 Å². The highest BCUT2D eigenvalue weighted by atomic mass is 16.6. The molecule has 0 unspecified atom stereocenters. The molecule has 0 aromatic heterocycles. The van der Waals surface area contributed by atoms with E-state index in [1.165, 1.54) is 5.56 Å². The van der Waals surface area contributed by atoms with Gasteiger partial charge in [-0.25, -0.2) is 0 Å². The molecule has 5 rings (SSSR count). The van der Waals surface area contributed by atoms with E-state index in [1.54, 1.807) is 36.2 Å². The summed E-state index contributed by atoms with van der Waals surface area (Å²) in [5.74, 6) is 0.625. The Kier molecular flexibility index (Phi) is 8.14. The van der Waals surface area contributed by atoms with E-state index in [1.807, 2.05) is 12.1 Å². The summed E-state index contributed by atoms with van der Waals surface area (Å²) in [6.07, 6.45) is 0. The Labute approximate surface area is 235 Å². The maximum absolute atomic E-state index is 12.0. The number of aryl methyl sites for hydroxylation is 2. The minimum Gasteiger partial charge on any atom is -0.494 e. The van der Waals surface area contributed by atoms with E-state index in [0.717, 1.165) is 41.2 Å². The van der Waals surface area contributed by atoms with Crippen molar-refractivity contribution in [3.8, 4) is 22.6 Å². The lowest BCUT2D eigenvalue weighted by molar-refractivity contribution is -0.145. The lowest BCUT2D eigenvalue weighted by Gasteiger charge is -2.37. The van der Waals surface area contributed by atoms with E-state index in [0.29, 0.717) is 24.4 Å². The molecule has 2 aliphatic rings. The second kappa shape index (κ2) is 11.7. The van der Waals surface area contributed by atoms with Crippen LogP contribution < -0.4 is 14.9 Å². The van der Waals surface area contributed by atoms with Crippen molar-refractivity contribution in [3.63, 3.8) is 0 Å². The fourth-order valence-corrected chi connectivity index (χ4v) is 4.93. The lowest BCUT2D eigenvalue weighted by atomic mass is 9.78. The highest BCUT2D eigenvalue weighted by Gasteiger charge is 2.35. The summed E-state index contributed by atoms with van der Waals surface area (Å²) in [5, 5.41) is 0. The Morgan fingerprint density at radius 3 is 2.12 bits per heavy atom. The third kappa shape index (κ3) is 6.66. The summed E-state index contributed by atoms with van der Waals surface area (Å²) in [4.78, 5) is 25.6. The van der Waals surface area contributed by atoms with Crippen LogP contribution >= 0.6 is 0 Å². The number of benzene rings is 3. The Bertz CT molecular complexity index is 1340. The van der Waals surface area contributed by atoms with Crippen LogP contribution in [0, 0.1) is 19.3 Å². The fraction of sp³-hybridized carbons (Fsp3) is 0.355. The van der Waals surface area contributed by atoms with Gasteiger partial charge in [0.05, 0.1) is 32.9 Å². The average molecular weight is 543 g/mol. The van der Waals surface area contributed by atoms with Crippen LogP contribution in [-0.4, -0.2) is 63.9 Å². The van der Waals surface area contributed by atoms with Gasteiger partial charge in [0, 0.05) is 10.9 Å². The molecule has 9 heteroatoms. The Hall–Kier alpha value is -3.82. The summed E-state index contributed by atoms with van der Waals surface area (Å²) in [7, 11) is 0.587. The fourth-order valence-electron chi connectivity index (χ4n) is 4.93. The van der Waals surface area contributed by atoms with Gasteiger partial charge < -0.3 is 23.5 Å². The number of hydrogen-bond acceptors (Lipinski definition) is 8. The van der Waals surface area contributed by atoms with E-state index >= 15 is 0 Å². The van der Waals surface area contributed by atoms with Crippen LogP contribution in [0.2, 0.25) is 0 Å². The molecule has 0 amide bonds. The first-order chi connectivity index (χ1) is 19.2. The van der Waals surface area contributed by atoms with E-state index in [-0.39, 0.29) is 18.5 Å². The zero-order valence-electron chi connectivity index (χ0n) is 23.4. The number of carbonyl (C=O) groups excluding carboxylic acids is 2. The zero-order valence-corrected chi connectivity index (χ0v) is 23.4. The van der Waals surface area contributed by atoms with Crippen LogP contribution in [0.4, 0.5) is 0 Å². The highest BCUT2D eigenvalue weighted by Crippen LogP contribution is 2.33. The van der Waals surface area contributed by atoms with Gasteiger partial charge in [0.25, 0.3) is 0 Å². The van der Waals surface area contributed by atoms with Crippen molar-refractivity contribution < 1.29 is 33.1 Å². The van der Waals surface area contributed by atoms with Crippen LogP contribution in [0.25, 0.3) is 11.1 Å². The largest absolute Gasteiger partial charge is 0.636 e. The quantitative estimate of drug-likeness (QED) is 0.398. The second-order valence-corrected chi connectivity index (χ2v) is 11.1. The van der Waals surface area contributed by atoms with E-state index in [4.69, 9.17) is 23.5 Å². The lowest BCUT2D eigenvalue weighted by Crippen LogP contribution is -2.47. The van der Waals surface area contributed by atoms with Gasteiger partial charge in [-0.15, -0.1) is 0 Å². The van der Waals surface area contributed by atoms with Crippen molar-refractivity contribution in [1.82, 2.24) is 4.90 Å². The molecule has 2 heterocycles. The van der Waals surface area contributed by atoms with Crippen LogP contribution in [-0.2, 0) is 30.2 Å². The molecule has 0 atom stereocenters. The van der Waals surface area contributed by atoms with Crippen LogP contribution in [0.3, 0.4) is 0 Å². The highest BCUT2D eigenvalue weighted by molar-refractivity contribution is 6.64. The molecule has 0 spiro atoms.